The van der Waals surface area contributed by atoms with E-state index < -0.39 is 10.0 Å². The van der Waals surface area contributed by atoms with Crippen LogP contribution in [0.1, 0.15) is 25.3 Å². The molecule has 1 saturated carbocycles. The summed E-state index contributed by atoms with van der Waals surface area (Å²) < 4.78 is 26.4. The molecule has 18 heavy (non-hydrogen) atoms. The number of rotatable bonds is 6. The van der Waals surface area contributed by atoms with Crippen molar-refractivity contribution in [2.75, 3.05) is 13.2 Å². The Morgan fingerprint density at radius 1 is 1.39 bits per heavy atom. The van der Waals surface area contributed by atoms with Gasteiger partial charge in [0.1, 0.15) is 0 Å². The number of aliphatic hydroxyl groups excluding tert-OH is 1. The summed E-state index contributed by atoms with van der Waals surface area (Å²) in [6, 6.07) is 7.12. The van der Waals surface area contributed by atoms with Crippen LogP contribution in [0.5, 0.6) is 0 Å². The quantitative estimate of drug-likeness (QED) is 0.849. The van der Waals surface area contributed by atoms with Crippen LogP contribution in [0.15, 0.2) is 29.2 Å². The molecule has 5 heteroatoms. The van der Waals surface area contributed by atoms with E-state index in [1.165, 1.54) is 4.31 Å². The predicted molar refractivity (Wildman–Crippen MR) is 69.8 cm³/mol. The van der Waals surface area contributed by atoms with Crippen molar-refractivity contribution in [3.05, 3.63) is 29.8 Å². The van der Waals surface area contributed by atoms with E-state index in [-0.39, 0.29) is 19.2 Å². The van der Waals surface area contributed by atoms with Crippen molar-refractivity contribution in [2.24, 2.45) is 0 Å². The van der Waals surface area contributed by atoms with Gasteiger partial charge in [-0.2, -0.15) is 4.31 Å². The molecule has 0 saturated heterocycles. The molecule has 0 bridgehead atoms. The van der Waals surface area contributed by atoms with Gasteiger partial charge in [0.15, 0.2) is 0 Å². The molecule has 1 fully saturated rings. The molecule has 1 N–H and O–H groups in total. The lowest BCUT2D eigenvalue weighted by Crippen LogP contribution is -2.35. The third-order valence-electron chi connectivity index (χ3n) is 3.19. The molecule has 2 rings (SSSR count). The van der Waals surface area contributed by atoms with Crippen molar-refractivity contribution in [3.63, 3.8) is 0 Å². The van der Waals surface area contributed by atoms with Crippen molar-refractivity contribution in [1.29, 1.82) is 0 Å². The number of benzene rings is 1. The summed E-state index contributed by atoms with van der Waals surface area (Å²) in [5.74, 6) is 0. The molecule has 1 aromatic carbocycles. The fourth-order valence-corrected chi connectivity index (χ4v) is 3.77. The monoisotopic (exact) mass is 269 g/mol. The Kier molecular flexibility index (Phi) is 4.04. The van der Waals surface area contributed by atoms with Crippen LogP contribution >= 0.6 is 0 Å². The largest absolute Gasteiger partial charge is 0.395 e. The number of nitrogens with zero attached hydrogens (tertiary/aromatic N) is 1. The lowest BCUT2D eigenvalue weighted by molar-refractivity contribution is 0.250. The predicted octanol–water partition coefficient (Wildman–Crippen LogP) is 1.39. The normalized spacial score (nSPS) is 16.2. The van der Waals surface area contributed by atoms with Gasteiger partial charge in [0.2, 0.25) is 10.0 Å². The summed E-state index contributed by atoms with van der Waals surface area (Å²) in [6.45, 7) is 2.05. The van der Waals surface area contributed by atoms with Crippen LogP contribution in [0, 0.1) is 0 Å². The van der Waals surface area contributed by atoms with Crippen molar-refractivity contribution in [3.8, 4) is 0 Å². The molecule has 1 aromatic rings. The van der Waals surface area contributed by atoms with Gasteiger partial charge in [-0.15, -0.1) is 0 Å². The van der Waals surface area contributed by atoms with E-state index in [9.17, 15) is 8.42 Å². The average molecular weight is 269 g/mol. The number of aryl methyl sites for hydroxylation is 1. The highest BCUT2D eigenvalue weighted by Gasteiger charge is 2.37. The van der Waals surface area contributed by atoms with Crippen molar-refractivity contribution in [2.45, 2.75) is 37.1 Å². The second kappa shape index (κ2) is 5.38. The van der Waals surface area contributed by atoms with Gasteiger partial charge in [0.25, 0.3) is 0 Å². The van der Waals surface area contributed by atoms with E-state index in [0.717, 1.165) is 24.8 Å². The zero-order valence-corrected chi connectivity index (χ0v) is 11.4. The first-order chi connectivity index (χ1) is 8.59. The minimum atomic E-state index is -3.46. The van der Waals surface area contributed by atoms with Gasteiger partial charge in [-0.25, -0.2) is 8.42 Å². The highest BCUT2D eigenvalue weighted by molar-refractivity contribution is 7.89. The van der Waals surface area contributed by atoms with Gasteiger partial charge in [-0.1, -0.05) is 19.1 Å². The SMILES string of the molecule is CCc1cccc(S(=O)(=O)N(CCO)C2CC2)c1. The Morgan fingerprint density at radius 3 is 2.67 bits per heavy atom. The minimum Gasteiger partial charge on any atom is -0.395 e. The fourth-order valence-electron chi connectivity index (χ4n) is 2.02. The summed E-state index contributed by atoms with van der Waals surface area (Å²) in [7, 11) is -3.46. The lowest BCUT2D eigenvalue weighted by Gasteiger charge is -2.21. The molecule has 0 amide bonds. The Labute approximate surface area is 108 Å². The zero-order valence-electron chi connectivity index (χ0n) is 10.5. The minimum absolute atomic E-state index is 0.0763. The molecule has 1 aliphatic rings. The van der Waals surface area contributed by atoms with E-state index in [1.54, 1.807) is 18.2 Å². The first-order valence-corrected chi connectivity index (χ1v) is 7.75. The summed E-state index contributed by atoms with van der Waals surface area (Å²) in [4.78, 5) is 0.335. The molecular formula is C13H19NO3S. The summed E-state index contributed by atoms with van der Waals surface area (Å²) >= 11 is 0. The Balaban J connectivity index is 2.32. The van der Waals surface area contributed by atoms with Gasteiger partial charge in [-0.3, -0.25) is 0 Å². The second-order valence-corrected chi connectivity index (χ2v) is 6.46. The molecule has 0 aliphatic heterocycles. The molecule has 1 aliphatic carbocycles. The lowest BCUT2D eigenvalue weighted by atomic mass is 10.2. The van der Waals surface area contributed by atoms with Crippen LogP contribution < -0.4 is 0 Å². The van der Waals surface area contributed by atoms with E-state index in [2.05, 4.69) is 0 Å². The Bertz CT molecular complexity index is 509. The van der Waals surface area contributed by atoms with Gasteiger partial charge >= 0.3 is 0 Å². The number of hydrogen-bond acceptors (Lipinski definition) is 3. The highest BCUT2D eigenvalue weighted by Crippen LogP contribution is 2.31. The van der Waals surface area contributed by atoms with Crippen LogP contribution in [0.25, 0.3) is 0 Å². The van der Waals surface area contributed by atoms with Crippen molar-refractivity contribution in [1.82, 2.24) is 4.31 Å². The third-order valence-corrected chi connectivity index (χ3v) is 5.14. The van der Waals surface area contributed by atoms with Gasteiger partial charge in [-0.05, 0) is 37.0 Å². The smallest absolute Gasteiger partial charge is 0.243 e. The molecule has 0 heterocycles. The molecule has 0 radical (unpaired) electrons. The van der Waals surface area contributed by atoms with Crippen LogP contribution in [0.2, 0.25) is 0 Å². The second-order valence-electron chi connectivity index (χ2n) is 4.57. The molecular weight excluding hydrogens is 250 g/mol. The first kappa shape index (κ1) is 13.5. The molecule has 4 nitrogen and oxygen atoms in total. The number of hydrogen-bond donors (Lipinski definition) is 1. The summed E-state index contributed by atoms with van der Waals surface area (Å²) in [6.07, 6.45) is 2.60. The van der Waals surface area contributed by atoms with E-state index in [1.807, 2.05) is 13.0 Å². The molecule has 100 valence electrons. The van der Waals surface area contributed by atoms with Crippen molar-refractivity contribution >= 4 is 10.0 Å². The Morgan fingerprint density at radius 2 is 2.11 bits per heavy atom. The van der Waals surface area contributed by atoms with Crippen LogP contribution in [-0.2, 0) is 16.4 Å². The topological polar surface area (TPSA) is 57.6 Å². The maximum Gasteiger partial charge on any atom is 0.243 e. The van der Waals surface area contributed by atoms with Gasteiger partial charge < -0.3 is 5.11 Å². The maximum atomic E-state index is 12.5. The van der Waals surface area contributed by atoms with Crippen LogP contribution in [-0.4, -0.2) is 37.0 Å². The Hall–Kier alpha value is -0.910. The van der Waals surface area contributed by atoms with Gasteiger partial charge in [0, 0.05) is 12.6 Å². The van der Waals surface area contributed by atoms with E-state index in [0.29, 0.717) is 4.90 Å². The zero-order chi connectivity index (χ0) is 13.2. The molecule has 0 unspecified atom stereocenters. The van der Waals surface area contributed by atoms with Crippen LogP contribution in [0.4, 0.5) is 0 Å². The first-order valence-electron chi connectivity index (χ1n) is 6.31. The third kappa shape index (κ3) is 2.74. The maximum absolute atomic E-state index is 12.5. The number of aliphatic hydroxyl groups is 1. The molecule has 0 spiro atoms. The van der Waals surface area contributed by atoms with E-state index >= 15 is 0 Å². The van der Waals surface area contributed by atoms with E-state index in [4.69, 9.17) is 5.11 Å². The van der Waals surface area contributed by atoms with Gasteiger partial charge in [0.05, 0.1) is 11.5 Å². The standard InChI is InChI=1S/C13H19NO3S/c1-2-11-4-3-5-13(10-11)18(16,17)14(8-9-15)12-6-7-12/h3-5,10,12,15H,2,6-9H2,1H3. The van der Waals surface area contributed by atoms with Crippen molar-refractivity contribution < 1.29 is 13.5 Å². The highest BCUT2D eigenvalue weighted by atomic mass is 32.2. The summed E-state index contributed by atoms with van der Waals surface area (Å²) in [5.41, 5.74) is 1.01. The number of sulfonamides is 1. The fraction of sp³-hybridized carbons (Fsp3) is 0.538. The summed E-state index contributed by atoms with van der Waals surface area (Å²) in [5, 5.41) is 9.02. The molecule has 0 aromatic heterocycles. The average Bonchev–Trinajstić information content (AvgIpc) is 3.20. The van der Waals surface area contributed by atoms with Crippen LogP contribution in [0.3, 0.4) is 0 Å². The molecule has 0 atom stereocenters.